The van der Waals surface area contributed by atoms with Crippen molar-refractivity contribution < 1.29 is 17.4 Å². The Bertz CT molecular complexity index is 830. The molecule has 0 aliphatic carbocycles. The van der Waals surface area contributed by atoms with Crippen molar-refractivity contribution >= 4 is 45.1 Å². The minimum atomic E-state index is -4.06. The lowest BCUT2D eigenvalue weighted by atomic mass is 10.3. The van der Waals surface area contributed by atoms with E-state index in [9.17, 15) is 13.2 Å². The first-order chi connectivity index (χ1) is 9.92. The van der Waals surface area contributed by atoms with Crippen molar-refractivity contribution in [3.63, 3.8) is 0 Å². The molecule has 0 unspecified atom stereocenters. The van der Waals surface area contributed by atoms with Crippen LogP contribution in [0.3, 0.4) is 0 Å². The van der Waals surface area contributed by atoms with Gasteiger partial charge < -0.3 is 4.18 Å². The summed E-state index contributed by atoms with van der Waals surface area (Å²) in [7, 11) is -4.06. The number of hydrogen-bond donors (Lipinski definition) is 0. The van der Waals surface area contributed by atoms with E-state index >= 15 is 0 Å². The van der Waals surface area contributed by atoms with Crippen LogP contribution in [-0.4, -0.2) is 14.5 Å². The van der Waals surface area contributed by atoms with Crippen molar-refractivity contribution in [2.24, 2.45) is 4.99 Å². The van der Waals surface area contributed by atoms with Gasteiger partial charge >= 0.3 is 10.1 Å². The van der Waals surface area contributed by atoms with E-state index in [4.69, 9.17) is 27.4 Å². The van der Waals surface area contributed by atoms with E-state index in [2.05, 4.69) is 4.99 Å². The van der Waals surface area contributed by atoms with E-state index < -0.39 is 10.1 Å². The van der Waals surface area contributed by atoms with Gasteiger partial charge in [0.05, 0.1) is 10.7 Å². The lowest BCUT2D eigenvalue weighted by Gasteiger charge is -2.08. The van der Waals surface area contributed by atoms with Crippen LogP contribution in [0.4, 0.5) is 5.69 Å². The molecule has 0 radical (unpaired) electrons. The zero-order chi connectivity index (χ0) is 15.5. The zero-order valence-corrected chi connectivity index (χ0v) is 12.6. The Kier molecular flexibility index (Phi) is 4.65. The molecule has 2 rings (SSSR count). The third kappa shape index (κ3) is 3.83. The molecule has 0 saturated carbocycles. The van der Waals surface area contributed by atoms with Crippen LogP contribution in [0.1, 0.15) is 0 Å². The Labute approximate surface area is 130 Å². The first-order valence-corrected chi connectivity index (χ1v) is 7.66. The molecule has 108 valence electrons. The predicted octanol–water partition coefficient (Wildman–Crippen LogP) is 3.73. The van der Waals surface area contributed by atoms with Gasteiger partial charge in [-0.1, -0.05) is 29.3 Å². The molecule has 0 aromatic heterocycles. The van der Waals surface area contributed by atoms with Crippen molar-refractivity contribution in [1.29, 1.82) is 0 Å². The summed E-state index contributed by atoms with van der Waals surface area (Å²) in [4.78, 5) is 13.4. The van der Waals surface area contributed by atoms with E-state index in [1.807, 2.05) is 0 Å². The summed E-state index contributed by atoms with van der Waals surface area (Å²) in [6.45, 7) is 0. The molecule has 0 aliphatic heterocycles. The van der Waals surface area contributed by atoms with Gasteiger partial charge in [0, 0.05) is 5.02 Å². The first-order valence-electron chi connectivity index (χ1n) is 5.50. The molecular formula is C13H7Cl2NO4S. The third-order valence-electron chi connectivity index (χ3n) is 2.37. The van der Waals surface area contributed by atoms with Crippen molar-refractivity contribution in [1.82, 2.24) is 0 Å². The molecule has 0 amide bonds. The van der Waals surface area contributed by atoms with Crippen molar-refractivity contribution in [2.75, 3.05) is 0 Å². The largest absolute Gasteiger partial charge is 0.377 e. The van der Waals surface area contributed by atoms with Crippen molar-refractivity contribution in [2.45, 2.75) is 4.90 Å². The Hall–Kier alpha value is -1.85. The summed E-state index contributed by atoms with van der Waals surface area (Å²) in [5.41, 5.74) is 0.238. The quantitative estimate of drug-likeness (QED) is 0.481. The Morgan fingerprint density at radius 2 is 1.86 bits per heavy atom. The summed E-state index contributed by atoms with van der Waals surface area (Å²) >= 11 is 11.6. The van der Waals surface area contributed by atoms with Gasteiger partial charge in [0.1, 0.15) is 4.90 Å². The SMILES string of the molecule is O=C=Nc1ccc(OS(=O)(=O)c2cccc(Cl)c2)c(Cl)c1. The summed E-state index contributed by atoms with van der Waals surface area (Å²) in [5, 5.41) is 0.263. The topological polar surface area (TPSA) is 72.8 Å². The average molecular weight is 344 g/mol. The van der Waals surface area contributed by atoms with E-state index in [-0.39, 0.29) is 26.4 Å². The Balaban J connectivity index is 2.35. The van der Waals surface area contributed by atoms with Crippen LogP contribution in [0.25, 0.3) is 0 Å². The van der Waals surface area contributed by atoms with E-state index in [0.29, 0.717) is 0 Å². The Morgan fingerprint density at radius 1 is 1.10 bits per heavy atom. The molecule has 0 atom stereocenters. The standard InChI is InChI=1S/C13H7Cl2NO4S/c14-9-2-1-3-11(6-9)21(18,19)20-13-5-4-10(16-8-17)7-12(13)15/h1-7H. The summed E-state index contributed by atoms with van der Waals surface area (Å²) < 4.78 is 29.1. The highest BCUT2D eigenvalue weighted by atomic mass is 35.5. The van der Waals surface area contributed by atoms with Crippen molar-refractivity contribution in [3.05, 3.63) is 52.5 Å². The second-order valence-electron chi connectivity index (χ2n) is 3.81. The predicted molar refractivity (Wildman–Crippen MR) is 78.5 cm³/mol. The molecule has 2 aromatic carbocycles. The molecule has 5 nitrogen and oxygen atoms in total. The molecule has 0 saturated heterocycles. The maximum atomic E-state index is 12.1. The number of carbonyl (C=O) groups excluding carboxylic acids is 1. The van der Waals surface area contributed by atoms with E-state index in [1.165, 1.54) is 42.5 Å². The third-order valence-corrected chi connectivity index (χ3v) is 4.14. The van der Waals surface area contributed by atoms with Gasteiger partial charge in [0.25, 0.3) is 0 Å². The number of rotatable bonds is 4. The fourth-order valence-electron chi connectivity index (χ4n) is 1.47. The smallest absolute Gasteiger partial charge is 0.339 e. The molecule has 0 bridgehead atoms. The number of nitrogens with zero attached hydrogens (tertiary/aromatic N) is 1. The van der Waals surface area contributed by atoms with E-state index in [0.717, 1.165) is 0 Å². The van der Waals surface area contributed by atoms with Crippen LogP contribution in [0, 0.1) is 0 Å². The molecule has 21 heavy (non-hydrogen) atoms. The van der Waals surface area contributed by atoms with Gasteiger partial charge in [-0.15, -0.1) is 0 Å². The second-order valence-corrected chi connectivity index (χ2v) is 6.20. The highest BCUT2D eigenvalue weighted by Crippen LogP contribution is 2.31. The molecule has 0 heterocycles. The van der Waals surface area contributed by atoms with Gasteiger partial charge in [-0.3, -0.25) is 0 Å². The number of halogens is 2. The van der Waals surface area contributed by atoms with Crippen LogP contribution in [0.5, 0.6) is 5.75 Å². The molecule has 0 N–H and O–H groups in total. The number of isocyanates is 1. The fourth-order valence-corrected chi connectivity index (χ4v) is 2.98. The lowest BCUT2D eigenvalue weighted by molar-refractivity contribution is 0.486. The van der Waals surface area contributed by atoms with Gasteiger partial charge in [0.15, 0.2) is 5.75 Å². The molecule has 0 aliphatic rings. The Morgan fingerprint density at radius 3 is 2.48 bits per heavy atom. The van der Waals surface area contributed by atoms with Crippen LogP contribution >= 0.6 is 23.2 Å². The van der Waals surface area contributed by atoms with Gasteiger partial charge in [-0.2, -0.15) is 13.4 Å². The van der Waals surface area contributed by atoms with Gasteiger partial charge in [-0.25, -0.2) is 4.79 Å². The van der Waals surface area contributed by atoms with Crippen molar-refractivity contribution in [3.8, 4) is 5.75 Å². The highest BCUT2D eigenvalue weighted by molar-refractivity contribution is 7.87. The number of hydrogen-bond acceptors (Lipinski definition) is 5. The van der Waals surface area contributed by atoms with Crippen LogP contribution < -0.4 is 4.18 Å². The average Bonchev–Trinajstić information content (AvgIpc) is 2.42. The molecule has 0 fully saturated rings. The molecule has 2 aromatic rings. The number of benzene rings is 2. The maximum absolute atomic E-state index is 12.1. The van der Waals surface area contributed by atoms with Gasteiger partial charge in [-0.05, 0) is 36.4 Å². The van der Waals surface area contributed by atoms with E-state index in [1.54, 1.807) is 6.07 Å². The van der Waals surface area contributed by atoms with Crippen LogP contribution in [-0.2, 0) is 14.9 Å². The molecule has 8 heteroatoms. The zero-order valence-electron chi connectivity index (χ0n) is 10.3. The summed E-state index contributed by atoms with van der Waals surface area (Å²) in [5.74, 6) is -0.0820. The summed E-state index contributed by atoms with van der Waals surface area (Å²) in [6, 6.07) is 9.59. The second kappa shape index (κ2) is 6.28. The minimum absolute atomic E-state index is 0.00268. The number of aliphatic imine (C=N–C) groups is 1. The fraction of sp³-hybridized carbons (Fsp3) is 0. The lowest BCUT2D eigenvalue weighted by Crippen LogP contribution is -2.09. The molecular weight excluding hydrogens is 337 g/mol. The van der Waals surface area contributed by atoms with Crippen LogP contribution in [0.2, 0.25) is 10.0 Å². The normalized spacial score (nSPS) is 10.8. The van der Waals surface area contributed by atoms with Crippen LogP contribution in [0.15, 0.2) is 52.4 Å². The monoisotopic (exact) mass is 343 g/mol. The maximum Gasteiger partial charge on any atom is 0.339 e. The highest BCUT2D eigenvalue weighted by Gasteiger charge is 2.18. The first kappa shape index (κ1) is 15.5. The molecule has 0 spiro atoms. The van der Waals surface area contributed by atoms with Gasteiger partial charge in [0.2, 0.25) is 6.08 Å². The minimum Gasteiger partial charge on any atom is -0.377 e. The summed E-state index contributed by atoms with van der Waals surface area (Å²) in [6.07, 6.45) is 1.35.